The van der Waals surface area contributed by atoms with Gasteiger partial charge in [-0.05, 0) is 49.4 Å². The van der Waals surface area contributed by atoms with Crippen LogP contribution in [0.1, 0.15) is 52.4 Å². The Hall–Kier alpha value is -1.12. The number of carbonyl (C=O) groups excluding carboxylic acids is 2. The fraction of sp³-hybridized carbons (Fsp3) is 0.840. The second-order valence-corrected chi connectivity index (χ2v) is 11.4. The largest absolute Gasteiger partial charge is 0.390 e. The topological polar surface area (TPSA) is 107 Å². The molecule has 32 heavy (non-hydrogen) atoms. The second kappa shape index (κ2) is 7.70. The molecule has 0 amide bonds. The van der Waals surface area contributed by atoms with Crippen LogP contribution >= 0.6 is 0 Å². The number of morpholine rings is 1. The van der Waals surface area contributed by atoms with Crippen molar-refractivity contribution in [3.8, 4) is 0 Å². The monoisotopic (exact) mass is 447 g/mol. The molecule has 8 unspecified atom stereocenters. The van der Waals surface area contributed by atoms with Gasteiger partial charge in [0.05, 0.1) is 37.6 Å². The van der Waals surface area contributed by atoms with Crippen molar-refractivity contribution in [1.82, 2.24) is 4.90 Å². The fourth-order valence-corrected chi connectivity index (χ4v) is 8.07. The third-order valence-electron chi connectivity index (χ3n) is 10.0. The summed E-state index contributed by atoms with van der Waals surface area (Å²) in [5, 5.41) is 32.8. The lowest BCUT2D eigenvalue weighted by Crippen LogP contribution is -2.65. The summed E-state index contributed by atoms with van der Waals surface area (Å²) in [4.78, 5) is 28.7. The summed E-state index contributed by atoms with van der Waals surface area (Å²) in [6.07, 6.45) is 3.12. The molecule has 0 bridgehead atoms. The summed E-state index contributed by atoms with van der Waals surface area (Å²) in [5.41, 5.74) is -1.50. The van der Waals surface area contributed by atoms with Crippen molar-refractivity contribution in [2.24, 2.45) is 28.6 Å². The van der Waals surface area contributed by atoms with Crippen molar-refractivity contribution in [1.29, 1.82) is 0 Å². The van der Waals surface area contributed by atoms with E-state index in [1.807, 2.05) is 13.0 Å². The van der Waals surface area contributed by atoms with Gasteiger partial charge in [0.25, 0.3) is 0 Å². The van der Waals surface area contributed by atoms with Crippen molar-refractivity contribution >= 4 is 11.6 Å². The van der Waals surface area contributed by atoms with Gasteiger partial charge in [-0.15, -0.1) is 0 Å². The SMILES string of the molecule is CC12CC(O)C(O)CC1C(=O)CC1C2CCC2(C)C(C(=O)CN3CCOCC3)=CCC12O. The number of hydrogen-bond acceptors (Lipinski definition) is 7. The van der Waals surface area contributed by atoms with Gasteiger partial charge in [-0.3, -0.25) is 14.5 Å². The number of aliphatic hydroxyl groups excluding tert-OH is 2. The minimum atomic E-state index is -1.13. The maximum Gasteiger partial charge on any atom is 0.173 e. The number of carbonyl (C=O) groups is 2. The highest BCUT2D eigenvalue weighted by Crippen LogP contribution is 2.67. The minimum Gasteiger partial charge on any atom is -0.390 e. The van der Waals surface area contributed by atoms with E-state index in [-0.39, 0.29) is 29.3 Å². The van der Waals surface area contributed by atoms with E-state index in [0.29, 0.717) is 51.9 Å². The number of rotatable bonds is 3. The van der Waals surface area contributed by atoms with Crippen LogP contribution < -0.4 is 0 Å². The summed E-state index contributed by atoms with van der Waals surface area (Å²) in [6.45, 7) is 7.19. The Balaban J connectivity index is 1.41. The number of hydrogen-bond donors (Lipinski definition) is 3. The van der Waals surface area contributed by atoms with E-state index in [9.17, 15) is 24.9 Å². The van der Waals surface area contributed by atoms with Gasteiger partial charge in [-0.1, -0.05) is 19.9 Å². The Morgan fingerprint density at radius 2 is 1.91 bits per heavy atom. The average molecular weight is 448 g/mol. The molecule has 1 aliphatic heterocycles. The van der Waals surface area contributed by atoms with Crippen LogP contribution in [0, 0.1) is 28.6 Å². The lowest BCUT2D eigenvalue weighted by atomic mass is 9.42. The number of fused-ring (bicyclic) bond motifs is 5. The van der Waals surface area contributed by atoms with Crippen LogP contribution in [0.5, 0.6) is 0 Å². The van der Waals surface area contributed by atoms with Gasteiger partial charge >= 0.3 is 0 Å². The first-order chi connectivity index (χ1) is 15.1. The van der Waals surface area contributed by atoms with Crippen LogP contribution in [0.2, 0.25) is 0 Å². The van der Waals surface area contributed by atoms with Crippen molar-refractivity contribution in [2.45, 2.75) is 70.2 Å². The molecule has 1 heterocycles. The highest BCUT2D eigenvalue weighted by molar-refractivity contribution is 5.99. The van der Waals surface area contributed by atoms with Crippen LogP contribution in [0.25, 0.3) is 0 Å². The zero-order valence-corrected chi connectivity index (χ0v) is 19.3. The van der Waals surface area contributed by atoms with Crippen LogP contribution in [0.15, 0.2) is 11.6 Å². The van der Waals surface area contributed by atoms with E-state index >= 15 is 0 Å². The van der Waals surface area contributed by atoms with E-state index < -0.39 is 28.6 Å². The van der Waals surface area contributed by atoms with Crippen molar-refractivity contribution < 1.29 is 29.6 Å². The first kappa shape index (κ1) is 22.7. The summed E-state index contributed by atoms with van der Waals surface area (Å²) in [7, 11) is 0. The molecule has 5 rings (SSSR count). The van der Waals surface area contributed by atoms with E-state index in [2.05, 4.69) is 11.8 Å². The molecule has 178 valence electrons. The van der Waals surface area contributed by atoms with Gasteiger partial charge in [-0.2, -0.15) is 0 Å². The van der Waals surface area contributed by atoms with Crippen LogP contribution in [-0.2, 0) is 14.3 Å². The molecule has 4 fully saturated rings. The molecule has 4 aliphatic carbocycles. The predicted molar refractivity (Wildman–Crippen MR) is 117 cm³/mol. The molecule has 0 spiro atoms. The Morgan fingerprint density at radius 3 is 2.62 bits per heavy atom. The normalized spacial score (nSPS) is 49.1. The maximum absolute atomic E-state index is 13.3. The zero-order valence-electron chi connectivity index (χ0n) is 19.3. The summed E-state index contributed by atoms with van der Waals surface area (Å²) >= 11 is 0. The molecule has 3 N–H and O–H groups in total. The molecule has 0 aromatic heterocycles. The highest BCUT2D eigenvalue weighted by atomic mass is 16.5. The average Bonchev–Trinajstić information content (AvgIpc) is 3.03. The molecule has 0 radical (unpaired) electrons. The molecule has 0 aromatic carbocycles. The van der Waals surface area contributed by atoms with Crippen molar-refractivity contribution in [3.05, 3.63) is 11.6 Å². The van der Waals surface area contributed by atoms with E-state index in [4.69, 9.17) is 4.74 Å². The molecule has 7 nitrogen and oxygen atoms in total. The van der Waals surface area contributed by atoms with Gasteiger partial charge in [0.15, 0.2) is 5.78 Å². The van der Waals surface area contributed by atoms with Crippen LogP contribution in [-0.4, -0.2) is 82.4 Å². The van der Waals surface area contributed by atoms with Crippen LogP contribution in [0.4, 0.5) is 0 Å². The highest BCUT2D eigenvalue weighted by Gasteiger charge is 2.68. The molecule has 0 aromatic rings. The minimum absolute atomic E-state index is 0.0752. The Kier molecular flexibility index (Phi) is 5.45. The molecular formula is C25H37NO6. The first-order valence-electron chi connectivity index (χ1n) is 12.3. The molecule has 5 aliphatic rings. The molecular weight excluding hydrogens is 410 g/mol. The van der Waals surface area contributed by atoms with Gasteiger partial charge in [-0.25, -0.2) is 0 Å². The first-order valence-corrected chi connectivity index (χ1v) is 12.3. The molecule has 3 saturated carbocycles. The van der Waals surface area contributed by atoms with Gasteiger partial charge in [0.1, 0.15) is 5.78 Å². The second-order valence-electron chi connectivity index (χ2n) is 11.4. The summed E-state index contributed by atoms with van der Waals surface area (Å²) < 4.78 is 5.39. The van der Waals surface area contributed by atoms with Gasteiger partial charge in [0.2, 0.25) is 0 Å². The lowest BCUT2D eigenvalue weighted by Gasteiger charge is -2.63. The maximum atomic E-state index is 13.3. The Morgan fingerprint density at radius 1 is 1.19 bits per heavy atom. The third kappa shape index (κ3) is 3.12. The van der Waals surface area contributed by atoms with Crippen molar-refractivity contribution in [2.75, 3.05) is 32.8 Å². The standard InChI is InChI=1S/C25H37NO6/c1-23-13-21(29)20(28)12-18(23)19(27)11-17-15(23)3-5-24(2)16(4-6-25(17,24)31)22(30)14-26-7-9-32-10-8-26/h4,15,17-18,20-21,28-29,31H,3,5-14H2,1-2H3. The zero-order chi connectivity index (χ0) is 22.9. The number of nitrogens with zero attached hydrogens (tertiary/aromatic N) is 1. The Bertz CT molecular complexity index is 836. The number of Topliss-reactive ketones (excluding diaryl/α,β-unsaturated/α-hetero) is 2. The molecule has 8 atom stereocenters. The van der Waals surface area contributed by atoms with E-state index in [1.54, 1.807) is 0 Å². The van der Waals surface area contributed by atoms with Crippen LogP contribution in [0.3, 0.4) is 0 Å². The smallest absolute Gasteiger partial charge is 0.173 e. The van der Waals surface area contributed by atoms with Gasteiger partial charge in [0, 0.05) is 36.4 Å². The third-order valence-corrected chi connectivity index (χ3v) is 10.0. The number of ketones is 2. The number of ether oxygens (including phenoxy) is 1. The van der Waals surface area contributed by atoms with E-state index in [1.165, 1.54) is 0 Å². The lowest BCUT2D eigenvalue weighted by molar-refractivity contribution is -0.208. The number of aliphatic hydroxyl groups is 3. The molecule has 1 saturated heterocycles. The fourth-order valence-electron chi connectivity index (χ4n) is 8.07. The van der Waals surface area contributed by atoms with Gasteiger partial charge < -0.3 is 20.1 Å². The Labute approximate surface area is 189 Å². The summed E-state index contributed by atoms with van der Waals surface area (Å²) in [5.74, 6) is -0.251. The molecule has 7 heteroatoms. The van der Waals surface area contributed by atoms with Crippen molar-refractivity contribution in [3.63, 3.8) is 0 Å². The predicted octanol–water partition coefficient (Wildman–Crippen LogP) is 1.09. The van der Waals surface area contributed by atoms with E-state index in [0.717, 1.165) is 25.1 Å². The summed E-state index contributed by atoms with van der Waals surface area (Å²) in [6, 6.07) is 0. The quantitative estimate of drug-likeness (QED) is 0.595.